The fraction of sp³-hybridized carbons (Fsp3) is 0.286. The number of rotatable bonds is 5. The van der Waals surface area contributed by atoms with Crippen molar-refractivity contribution in [2.45, 2.75) is 25.2 Å². The summed E-state index contributed by atoms with van der Waals surface area (Å²) in [5, 5.41) is 0. The molecule has 1 heterocycles. The van der Waals surface area contributed by atoms with Crippen LogP contribution in [0.2, 0.25) is 0 Å². The first-order valence-corrected chi connectivity index (χ1v) is 10.4. The molecule has 0 bridgehead atoms. The van der Waals surface area contributed by atoms with Gasteiger partial charge in [0.05, 0.1) is 17.3 Å². The van der Waals surface area contributed by atoms with Crippen LogP contribution in [-0.4, -0.2) is 26.6 Å². The second kappa shape index (κ2) is 7.64. The quantitative estimate of drug-likeness (QED) is 0.566. The normalized spacial score (nSPS) is 17.2. The SMILES string of the molecule is CC(C)CCOc1ccc(/C=C2\CS(=O)(=O)c3ccc(F)cc3C2=O)cc1. The molecule has 0 aromatic heterocycles. The number of carbonyl (C=O) groups excluding carboxylic acids is 1. The van der Waals surface area contributed by atoms with Gasteiger partial charge in [0, 0.05) is 11.1 Å². The Morgan fingerprint density at radius 1 is 1.15 bits per heavy atom. The number of ether oxygens (including phenoxy) is 1. The van der Waals surface area contributed by atoms with Crippen LogP contribution in [0.15, 0.2) is 52.9 Å². The van der Waals surface area contributed by atoms with Crippen LogP contribution < -0.4 is 4.74 Å². The molecular formula is C21H21FO4S. The minimum Gasteiger partial charge on any atom is -0.494 e. The maximum absolute atomic E-state index is 13.5. The zero-order chi connectivity index (χ0) is 19.6. The number of sulfone groups is 1. The summed E-state index contributed by atoms with van der Waals surface area (Å²) in [7, 11) is -3.67. The zero-order valence-electron chi connectivity index (χ0n) is 15.2. The third-order valence-corrected chi connectivity index (χ3v) is 6.06. The smallest absolute Gasteiger partial charge is 0.191 e. The molecule has 0 unspecified atom stereocenters. The summed E-state index contributed by atoms with van der Waals surface area (Å²) >= 11 is 0. The Kier molecular flexibility index (Phi) is 5.46. The van der Waals surface area contributed by atoms with E-state index in [1.807, 2.05) is 0 Å². The molecule has 0 saturated carbocycles. The Labute approximate surface area is 158 Å². The molecule has 2 aromatic carbocycles. The number of hydrogen-bond acceptors (Lipinski definition) is 4. The summed E-state index contributed by atoms with van der Waals surface area (Å²) < 4.78 is 44.0. The molecule has 3 rings (SSSR count). The van der Waals surface area contributed by atoms with Crippen LogP contribution in [0.5, 0.6) is 5.75 Å². The van der Waals surface area contributed by atoms with Gasteiger partial charge in [-0.2, -0.15) is 0 Å². The molecule has 0 saturated heterocycles. The highest BCUT2D eigenvalue weighted by atomic mass is 32.2. The van der Waals surface area contributed by atoms with E-state index in [1.165, 1.54) is 6.08 Å². The standard InChI is InChI=1S/C21H21FO4S/c1-14(2)9-10-26-18-6-3-15(4-7-18)11-16-13-27(24,25)20-8-5-17(22)12-19(20)21(16)23/h3-8,11-12,14H,9-10,13H2,1-2H3/b16-11+. The first kappa shape index (κ1) is 19.3. The predicted molar refractivity (Wildman–Crippen MR) is 102 cm³/mol. The van der Waals surface area contributed by atoms with Gasteiger partial charge in [-0.15, -0.1) is 0 Å². The minimum absolute atomic E-state index is 0.110. The highest BCUT2D eigenvalue weighted by Gasteiger charge is 2.32. The van der Waals surface area contributed by atoms with Gasteiger partial charge >= 0.3 is 0 Å². The van der Waals surface area contributed by atoms with E-state index < -0.39 is 27.2 Å². The molecule has 0 N–H and O–H groups in total. The van der Waals surface area contributed by atoms with Crippen LogP contribution in [0.25, 0.3) is 6.08 Å². The van der Waals surface area contributed by atoms with Crippen LogP contribution in [0.3, 0.4) is 0 Å². The van der Waals surface area contributed by atoms with Crippen molar-refractivity contribution in [2.24, 2.45) is 5.92 Å². The molecule has 0 aliphatic carbocycles. The van der Waals surface area contributed by atoms with Gasteiger partial charge in [0.25, 0.3) is 0 Å². The Morgan fingerprint density at radius 3 is 2.52 bits per heavy atom. The zero-order valence-corrected chi connectivity index (χ0v) is 16.1. The molecule has 2 aromatic rings. The predicted octanol–water partition coefficient (Wildman–Crippen LogP) is 4.30. The fourth-order valence-electron chi connectivity index (χ4n) is 2.85. The van der Waals surface area contributed by atoms with Crippen molar-refractivity contribution in [3.63, 3.8) is 0 Å². The number of halogens is 1. The van der Waals surface area contributed by atoms with Crippen LogP contribution in [0.4, 0.5) is 4.39 Å². The van der Waals surface area contributed by atoms with E-state index >= 15 is 0 Å². The maximum atomic E-state index is 13.5. The molecule has 1 aliphatic rings. The van der Waals surface area contributed by atoms with E-state index in [0.29, 0.717) is 23.8 Å². The Morgan fingerprint density at radius 2 is 1.85 bits per heavy atom. The molecule has 142 valence electrons. The average molecular weight is 388 g/mol. The number of benzene rings is 2. The number of hydrogen-bond donors (Lipinski definition) is 0. The molecule has 0 fully saturated rings. The maximum Gasteiger partial charge on any atom is 0.191 e. The number of fused-ring (bicyclic) bond motifs is 1. The van der Waals surface area contributed by atoms with Gasteiger partial charge < -0.3 is 4.74 Å². The second-order valence-electron chi connectivity index (χ2n) is 7.00. The number of carbonyl (C=O) groups is 1. The highest BCUT2D eigenvalue weighted by molar-refractivity contribution is 7.91. The average Bonchev–Trinajstić information content (AvgIpc) is 2.60. The van der Waals surface area contributed by atoms with Gasteiger partial charge in [0.15, 0.2) is 15.6 Å². The highest BCUT2D eigenvalue weighted by Crippen LogP contribution is 2.29. The van der Waals surface area contributed by atoms with Crippen molar-refractivity contribution < 1.29 is 22.3 Å². The molecule has 0 atom stereocenters. The summed E-state index contributed by atoms with van der Waals surface area (Å²) in [5.41, 5.74) is 0.701. The van der Waals surface area contributed by atoms with Crippen molar-refractivity contribution in [1.82, 2.24) is 0 Å². The van der Waals surface area contributed by atoms with Gasteiger partial charge in [0.2, 0.25) is 0 Å². The van der Waals surface area contributed by atoms with Crippen LogP contribution >= 0.6 is 0 Å². The van der Waals surface area contributed by atoms with Gasteiger partial charge in [-0.1, -0.05) is 26.0 Å². The van der Waals surface area contributed by atoms with E-state index in [1.54, 1.807) is 24.3 Å². The third kappa shape index (κ3) is 4.45. The molecule has 0 radical (unpaired) electrons. The van der Waals surface area contributed by atoms with Gasteiger partial charge in [-0.3, -0.25) is 4.79 Å². The minimum atomic E-state index is -3.67. The van der Waals surface area contributed by atoms with E-state index in [9.17, 15) is 17.6 Å². The van der Waals surface area contributed by atoms with E-state index in [-0.39, 0.29) is 16.0 Å². The van der Waals surface area contributed by atoms with E-state index in [2.05, 4.69) is 13.8 Å². The van der Waals surface area contributed by atoms with Crippen molar-refractivity contribution in [2.75, 3.05) is 12.4 Å². The lowest BCUT2D eigenvalue weighted by atomic mass is 10.0. The first-order valence-electron chi connectivity index (χ1n) is 8.77. The van der Waals surface area contributed by atoms with Crippen LogP contribution in [0.1, 0.15) is 36.2 Å². The van der Waals surface area contributed by atoms with Gasteiger partial charge in [-0.25, -0.2) is 12.8 Å². The fourth-order valence-corrected chi connectivity index (χ4v) is 4.39. The van der Waals surface area contributed by atoms with E-state index in [4.69, 9.17) is 4.74 Å². The van der Waals surface area contributed by atoms with Crippen molar-refractivity contribution in [3.05, 3.63) is 65.0 Å². The summed E-state index contributed by atoms with van der Waals surface area (Å²) in [4.78, 5) is 12.5. The molecule has 27 heavy (non-hydrogen) atoms. The Balaban J connectivity index is 1.84. The van der Waals surface area contributed by atoms with E-state index in [0.717, 1.165) is 24.6 Å². The van der Waals surface area contributed by atoms with Crippen molar-refractivity contribution >= 4 is 21.7 Å². The Bertz CT molecular complexity index is 989. The lowest BCUT2D eigenvalue weighted by Crippen LogP contribution is -2.24. The third-order valence-electron chi connectivity index (χ3n) is 4.34. The topological polar surface area (TPSA) is 60.4 Å². The molecular weight excluding hydrogens is 367 g/mol. The molecule has 1 aliphatic heterocycles. The second-order valence-corrected chi connectivity index (χ2v) is 8.96. The largest absolute Gasteiger partial charge is 0.494 e. The summed E-state index contributed by atoms with van der Waals surface area (Å²) in [6.45, 7) is 4.87. The molecule has 0 amide bonds. The number of Topliss-reactive ketones (excluding diaryl/α,β-unsaturated/α-hetero) is 1. The van der Waals surface area contributed by atoms with Gasteiger partial charge in [-0.05, 0) is 54.3 Å². The lowest BCUT2D eigenvalue weighted by Gasteiger charge is -2.18. The molecule has 4 nitrogen and oxygen atoms in total. The molecule has 0 spiro atoms. The summed E-state index contributed by atoms with van der Waals surface area (Å²) in [6, 6.07) is 10.3. The monoisotopic (exact) mass is 388 g/mol. The van der Waals surface area contributed by atoms with Crippen molar-refractivity contribution in [1.29, 1.82) is 0 Å². The van der Waals surface area contributed by atoms with Gasteiger partial charge in [0.1, 0.15) is 11.6 Å². The molecule has 6 heteroatoms. The summed E-state index contributed by atoms with van der Waals surface area (Å²) in [5.74, 6) is -0.219. The first-order chi connectivity index (χ1) is 12.8. The van der Waals surface area contributed by atoms with Crippen LogP contribution in [0, 0.1) is 11.7 Å². The lowest BCUT2D eigenvalue weighted by molar-refractivity contribution is 0.103. The summed E-state index contributed by atoms with van der Waals surface area (Å²) in [6.07, 6.45) is 2.49. The Hall–Kier alpha value is -2.47. The number of ketones is 1. The van der Waals surface area contributed by atoms with Crippen LogP contribution in [-0.2, 0) is 9.84 Å². The van der Waals surface area contributed by atoms with Crippen molar-refractivity contribution in [3.8, 4) is 5.75 Å².